The number of alkyl halides is 2. The molecule has 0 aliphatic carbocycles. The van der Waals surface area contributed by atoms with Gasteiger partial charge in [-0.05, 0) is 30.2 Å². The van der Waals surface area contributed by atoms with E-state index in [-0.39, 0.29) is 5.56 Å². The molecule has 0 spiro atoms. The molecule has 0 bridgehead atoms. The number of hydrogen-bond donors (Lipinski definition) is 1. The minimum Gasteiger partial charge on any atom is -0.495 e. The highest BCUT2D eigenvalue weighted by molar-refractivity contribution is 9.10. The first kappa shape index (κ1) is 15.8. The second-order valence-corrected chi connectivity index (χ2v) is 5.61. The number of ether oxygens (including phenoxy) is 1. The van der Waals surface area contributed by atoms with Gasteiger partial charge in [-0.2, -0.15) is 0 Å². The predicted molar refractivity (Wildman–Crippen MR) is 84.2 cm³/mol. The summed E-state index contributed by atoms with van der Waals surface area (Å²) < 4.78 is 31.3. The first-order valence-corrected chi connectivity index (χ1v) is 7.25. The Kier molecular flexibility index (Phi) is 5.17. The molecule has 0 fully saturated rings. The maximum absolute atomic E-state index is 12.5. The van der Waals surface area contributed by atoms with Crippen LogP contribution in [0.2, 0.25) is 0 Å². The van der Waals surface area contributed by atoms with Crippen LogP contribution < -0.4 is 10.1 Å². The van der Waals surface area contributed by atoms with E-state index in [2.05, 4.69) is 21.2 Å². The minimum absolute atomic E-state index is 0.0381. The van der Waals surface area contributed by atoms with E-state index in [9.17, 15) is 8.78 Å². The van der Waals surface area contributed by atoms with Gasteiger partial charge in [0.25, 0.3) is 6.43 Å². The van der Waals surface area contributed by atoms with Gasteiger partial charge in [0, 0.05) is 16.6 Å². The summed E-state index contributed by atoms with van der Waals surface area (Å²) in [4.78, 5) is 0. The van der Waals surface area contributed by atoms with Gasteiger partial charge in [0.15, 0.2) is 0 Å². The Balaban J connectivity index is 2.13. The van der Waals surface area contributed by atoms with Crippen molar-refractivity contribution in [1.29, 1.82) is 0 Å². The number of nitrogens with one attached hydrogen (secondary N) is 1. The lowest BCUT2D eigenvalue weighted by atomic mass is 10.1. The van der Waals surface area contributed by atoms with Crippen molar-refractivity contribution < 1.29 is 13.5 Å². The lowest BCUT2D eigenvalue weighted by Gasteiger charge is -2.15. The summed E-state index contributed by atoms with van der Waals surface area (Å²) in [5.74, 6) is 0.742. The number of methoxy groups -OCH3 is 1. The van der Waals surface area contributed by atoms with Crippen molar-refractivity contribution in [2.45, 2.75) is 19.9 Å². The van der Waals surface area contributed by atoms with Crippen molar-refractivity contribution in [3.8, 4) is 5.75 Å². The predicted octanol–water partition coefficient (Wildman–Crippen LogP) is 5.32. The van der Waals surface area contributed by atoms with Crippen LogP contribution in [0.3, 0.4) is 0 Å². The van der Waals surface area contributed by atoms with Crippen LogP contribution in [0.1, 0.15) is 23.1 Å². The van der Waals surface area contributed by atoms with E-state index < -0.39 is 6.43 Å². The third kappa shape index (κ3) is 3.94. The molecular weight excluding hydrogens is 340 g/mol. The fraction of sp³-hybridized carbons (Fsp3) is 0.250. The van der Waals surface area contributed by atoms with Crippen molar-refractivity contribution in [3.05, 3.63) is 57.6 Å². The molecule has 2 aromatic rings. The largest absolute Gasteiger partial charge is 0.495 e. The zero-order valence-corrected chi connectivity index (χ0v) is 13.4. The van der Waals surface area contributed by atoms with E-state index in [0.29, 0.717) is 6.54 Å². The van der Waals surface area contributed by atoms with Crippen LogP contribution in [0.4, 0.5) is 14.5 Å². The normalized spacial score (nSPS) is 10.8. The molecule has 21 heavy (non-hydrogen) atoms. The molecule has 5 heteroatoms. The average Bonchev–Trinajstić information content (AvgIpc) is 2.46. The van der Waals surface area contributed by atoms with Crippen molar-refractivity contribution in [3.63, 3.8) is 0 Å². The van der Waals surface area contributed by atoms with Gasteiger partial charge in [-0.1, -0.05) is 40.2 Å². The van der Waals surface area contributed by atoms with Gasteiger partial charge >= 0.3 is 0 Å². The molecule has 2 nitrogen and oxygen atoms in total. The van der Waals surface area contributed by atoms with Crippen LogP contribution in [-0.2, 0) is 6.54 Å². The summed E-state index contributed by atoms with van der Waals surface area (Å²) in [6.07, 6.45) is -2.43. The Bertz CT molecular complexity index is 614. The van der Waals surface area contributed by atoms with Crippen LogP contribution >= 0.6 is 15.9 Å². The molecular formula is C16H16BrF2NO. The minimum atomic E-state index is -2.43. The second-order valence-electron chi connectivity index (χ2n) is 4.70. The van der Waals surface area contributed by atoms with E-state index in [1.165, 1.54) is 12.1 Å². The molecule has 0 aromatic heterocycles. The van der Waals surface area contributed by atoms with Gasteiger partial charge in [-0.25, -0.2) is 8.78 Å². The van der Waals surface area contributed by atoms with Crippen LogP contribution in [0.25, 0.3) is 0 Å². The highest BCUT2D eigenvalue weighted by atomic mass is 79.9. The maximum atomic E-state index is 12.5. The monoisotopic (exact) mass is 355 g/mol. The van der Waals surface area contributed by atoms with Crippen LogP contribution in [0.15, 0.2) is 40.9 Å². The van der Waals surface area contributed by atoms with E-state index >= 15 is 0 Å². The van der Waals surface area contributed by atoms with Gasteiger partial charge in [0.2, 0.25) is 0 Å². The van der Waals surface area contributed by atoms with Crippen LogP contribution in [0.5, 0.6) is 5.75 Å². The number of aryl methyl sites for hydroxylation is 1. The zero-order chi connectivity index (χ0) is 15.4. The molecule has 0 amide bonds. The van der Waals surface area contributed by atoms with Crippen LogP contribution in [-0.4, -0.2) is 7.11 Å². The van der Waals surface area contributed by atoms with Crippen LogP contribution in [0, 0.1) is 6.92 Å². The van der Waals surface area contributed by atoms with Crippen molar-refractivity contribution >= 4 is 21.6 Å². The summed E-state index contributed by atoms with van der Waals surface area (Å²) >= 11 is 3.43. The summed E-state index contributed by atoms with van der Waals surface area (Å²) in [5.41, 5.74) is 2.92. The molecule has 2 rings (SSSR count). The summed E-state index contributed by atoms with van der Waals surface area (Å²) in [5, 5.41) is 3.29. The first-order chi connectivity index (χ1) is 10.0. The SMILES string of the molecule is COc1cc(Br)cc(C)c1NCc1ccc(C(F)F)cc1. The average molecular weight is 356 g/mol. The molecule has 0 saturated heterocycles. The molecule has 0 unspecified atom stereocenters. The molecule has 0 aliphatic heterocycles. The Hall–Kier alpha value is -1.62. The fourth-order valence-corrected chi connectivity index (χ4v) is 2.62. The van der Waals surface area contributed by atoms with Crippen molar-refractivity contribution in [2.75, 3.05) is 12.4 Å². The smallest absolute Gasteiger partial charge is 0.263 e. The van der Waals surface area contributed by atoms with E-state index in [1.54, 1.807) is 19.2 Å². The van der Waals surface area contributed by atoms with Gasteiger partial charge < -0.3 is 10.1 Å². The second kappa shape index (κ2) is 6.89. The molecule has 112 valence electrons. The van der Waals surface area contributed by atoms with Gasteiger partial charge in [0.1, 0.15) is 5.75 Å². The highest BCUT2D eigenvalue weighted by Crippen LogP contribution is 2.32. The molecule has 0 aliphatic rings. The standard InChI is InChI=1S/C16H16BrF2NO/c1-10-7-13(17)8-14(21-2)15(10)20-9-11-3-5-12(6-4-11)16(18)19/h3-8,16,20H,9H2,1-2H3. The Morgan fingerprint density at radius 1 is 1.19 bits per heavy atom. The Morgan fingerprint density at radius 3 is 2.43 bits per heavy atom. The Morgan fingerprint density at radius 2 is 1.86 bits per heavy atom. The summed E-state index contributed by atoms with van der Waals surface area (Å²) in [7, 11) is 1.61. The molecule has 0 saturated carbocycles. The number of benzene rings is 2. The topological polar surface area (TPSA) is 21.3 Å². The lowest BCUT2D eigenvalue weighted by Crippen LogP contribution is -2.03. The molecule has 2 aromatic carbocycles. The number of rotatable bonds is 5. The molecule has 0 radical (unpaired) electrons. The van der Waals surface area contributed by atoms with Crippen molar-refractivity contribution in [2.24, 2.45) is 0 Å². The quantitative estimate of drug-likeness (QED) is 0.783. The lowest BCUT2D eigenvalue weighted by molar-refractivity contribution is 0.151. The summed E-state index contributed by atoms with van der Waals surface area (Å²) in [6.45, 7) is 2.53. The third-order valence-electron chi connectivity index (χ3n) is 3.19. The molecule has 1 N–H and O–H groups in total. The van der Waals surface area contributed by atoms with E-state index in [1.807, 2.05) is 19.1 Å². The van der Waals surface area contributed by atoms with E-state index in [0.717, 1.165) is 27.0 Å². The van der Waals surface area contributed by atoms with Crippen molar-refractivity contribution in [1.82, 2.24) is 0 Å². The number of hydrogen-bond acceptors (Lipinski definition) is 2. The van der Waals surface area contributed by atoms with Gasteiger partial charge in [0.05, 0.1) is 12.8 Å². The Labute approximate surface area is 131 Å². The van der Waals surface area contributed by atoms with Gasteiger partial charge in [-0.3, -0.25) is 0 Å². The first-order valence-electron chi connectivity index (χ1n) is 6.46. The zero-order valence-electron chi connectivity index (χ0n) is 11.8. The van der Waals surface area contributed by atoms with Gasteiger partial charge in [-0.15, -0.1) is 0 Å². The highest BCUT2D eigenvalue weighted by Gasteiger charge is 2.09. The fourth-order valence-electron chi connectivity index (χ4n) is 2.07. The molecule has 0 heterocycles. The molecule has 0 atom stereocenters. The van der Waals surface area contributed by atoms with E-state index in [4.69, 9.17) is 4.74 Å². The maximum Gasteiger partial charge on any atom is 0.263 e. The number of halogens is 3. The number of anilines is 1. The third-order valence-corrected chi connectivity index (χ3v) is 3.64. The summed E-state index contributed by atoms with van der Waals surface area (Å²) in [6, 6.07) is 10.2.